The topological polar surface area (TPSA) is 77.8 Å². The van der Waals surface area contributed by atoms with E-state index in [0.29, 0.717) is 18.1 Å². The smallest absolute Gasteiger partial charge is 0.230 e. The van der Waals surface area contributed by atoms with Crippen molar-refractivity contribution >= 4 is 11.8 Å². The summed E-state index contributed by atoms with van der Waals surface area (Å²) in [6.45, 7) is 0. The van der Waals surface area contributed by atoms with Crippen LogP contribution in [0.2, 0.25) is 0 Å². The van der Waals surface area contributed by atoms with Crippen LogP contribution >= 0.6 is 0 Å². The number of likely N-dealkylation sites (tertiary alicyclic amines) is 1. The lowest BCUT2D eigenvalue weighted by molar-refractivity contribution is -0.145. The number of carbonyl (C=O) groups is 2. The van der Waals surface area contributed by atoms with Crippen molar-refractivity contribution in [2.45, 2.75) is 57.1 Å². The van der Waals surface area contributed by atoms with Gasteiger partial charge in [-0.3, -0.25) is 14.5 Å². The standard InChI is InChI=1S/C17H23NO4/c19-13-6-4-11(5-7-13)10-12-2-1-3-14(20)17(12)18-15(21)8-9-16(18)22/h1,3,6,11-12,14,17,19-20H,2,4-5,7-10H2. The zero-order valence-corrected chi connectivity index (χ0v) is 12.6. The molecular formula is C17H23NO4. The average molecular weight is 305 g/mol. The van der Waals surface area contributed by atoms with Gasteiger partial charge in [-0.2, -0.15) is 0 Å². The molecule has 0 aromatic rings. The van der Waals surface area contributed by atoms with Gasteiger partial charge in [0.25, 0.3) is 0 Å². The Labute approximate surface area is 130 Å². The number of aliphatic hydroxyl groups excluding tert-OH is 2. The zero-order valence-electron chi connectivity index (χ0n) is 12.6. The number of allylic oxidation sites excluding steroid dienone is 3. The Morgan fingerprint density at radius 2 is 1.86 bits per heavy atom. The van der Waals surface area contributed by atoms with Crippen LogP contribution in [0.3, 0.4) is 0 Å². The van der Waals surface area contributed by atoms with E-state index < -0.39 is 12.1 Å². The molecule has 2 N–H and O–H groups in total. The van der Waals surface area contributed by atoms with Gasteiger partial charge in [0.05, 0.1) is 17.9 Å². The highest BCUT2D eigenvalue weighted by molar-refractivity contribution is 6.02. The van der Waals surface area contributed by atoms with Crippen LogP contribution in [0.1, 0.15) is 44.9 Å². The molecule has 2 aliphatic carbocycles. The Hall–Kier alpha value is -1.62. The molecule has 4 atom stereocenters. The molecule has 0 radical (unpaired) electrons. The molecule has 1 saturated heterocycles. The number of amides is 2. The maximum absolute atomic E-state index is 12.0. The molecule has 0 aromatic heterocycles. The maximum atomic E-state index is 12.0. The van der Waals surface area contributed by atoms with Crippen LogP contribution < -0.4 is 0 Å². The van der Waals surface area contributed by atoms with Crippen LogP contribution in [0.15, 0.2) is 24.0 Å². The zero-order chi connectivity index (χ0) is 15.7. The van der Waals surface area contributed by atoms with E-state index in [2.05, 4.69) is 0 Å². The molecule has 120 valence electrons. The fourth-order valence-corrected chi connectivity index (χ4v) is 3.97. The van der Waals surface area contributed by atoms with Crippen molar-refractivity contribution in [2.75, 3.05) is 0 Å². The minimum atomic E-state index is -0.766. The molecule has 2 amide bonds. The van der Waals surface area contributed by atoms with E-state index in [1.54, 1.807) is 6.08 Å². The lowest BCUT2D eigenvalue weighted by Gasteiger charge is -2.39. The molecule has 3 aliphatic rings. The first-order valence-corrected chi connectivity index (χ1v) is 8.14. The summed E-state index contributed by atoms with van der Waals surface area (Å²) in [6.07, 6.45) is 9.38. The van der Waals surface area contributed by atoms with Gasteiger partial charge in [-0.1, -0.05) is 12.2 Å². The Bertz CT molecular complexity index is 509. The van der Waals surface area contributed by atoms with Gasteiger partial charge in [0, 0.05) is 19.3 Å². The minimum Gasteiger partial charge on any atom is -0.513 e. The van der Waals surface area contributed by atoms with Crippen molar-refractivity contribution in [3.05, 3.63) is 24.0 Å². The summed E-state index contributed by atoms with van der Waals surface area (Å²) in [5.74, 6) is 0.687. The monoisotopic (exact) mass is 305 g/mol. The second kappa shape index (κ2) is 6.24. The second-order valence-corrected chi connectivity index (χ2v) is 6.63. The summed E-state index contributed by atoms with van der Waals surface area (Å²) in [5, 5.41) is 19.8. The number of nitrogens with zero attached hydrogens (tertiary/aromatic N) is 1. The lowest BCUT2D eigenvalue weighted by atomic mass is 9.77. The predicted molar refractivity (Wildman–Crippen MR) is 80.8 cm³/mol. The normalized spacial score (nSPS) is 35.9. The van der Waals surface area contributed by atoms with Crippen LogP contribution in [-0.2, 0) is 9.59 Å². The summed E-state index contributed by atoms with van der Waals surface area (Å²) >= 11 is 0. The number of hydrogen-bond donors (Lipinski definition) is 2. The van der Waals surface area contributed by atoms with Gasteiger partial charge in [-0.15, -0.1) is 0 Å². The number of hydrogen-bond acceptors (Lipinski definition) is 4. The van der Waals surface area contributed by atoms with E-state index in [1.807, 2.05) is 12.2 Å². The summed E-state index contributed by atoms with van der Waals surface area (Å²) in [6, 6.07) is -0.424. The molecule has 0 aromatic carbocycles. The fraction of sp³-hybridized carbons (Fsp3) is 0.647. The number of aliphatic hydroxyl groups is 2. The molecule has 1 heterocycles. The van der Waals surface area contributed by atoms with Crippen LogP contribution in [0.25, 0.3) is 0 Å². The summed E-state index contributed by atoms with van der Waals surface area (Å²) in [7, 11) is 0. The second-order valence-electron chi connectivity index (χ2n) is 6.63. The van der Waals surface area contributed by atoms with Crippen LogP contribution in [0, 0.1) is 11.8 Å². The Morgan fingerprint density at radius 3 is 2.50 bits per heavy atom. The lowest BCUT2D eigenvalue weighted by Crippen LogP contribution is -2.51. The van der Waals surface area contributed by atoms with Crippen molar-refractivity contribution < 1.29 is 19.8 Å². The molecule has 1 fully saturated rings. The van der Waals surface area contributed by atoms with E-state index in [9.17, 15) is 19.8 Å². The summed E-state index contributed by atoms with van der Waals surface area (Å²) < 4.78 is 0. The first kappa shape index (κ1) is 15.3. The van der Waals surface area contributed by atoms with Gasteiger partial charge >= 0.3 is 0 Å². The van der Waals surface area contributed by atoms with Crippen molar-refractivity contribution in [3.8, 4) is 0 Å². The first-order chi connectivity index (χ1) is 10.6. The Kier molecular flexibility index (Phi) is 4.34. The highest BCUT2D eigenvalue weighted by Crippen LogP contribution is 2.36. The van der Waals surface area contributed by atoms with Crippen molar-refractivity contribution in [1.82, 2.24) is 4.90 Å². The Balaban J connectivity index is 1.75. The van der Waals surface area contributed by atoms with Gasteiger partial charge in [-0.25, -0.2) is 0 Å². The molecule has 5 heteroatoms. The summed E-state index contributed by atoms with van der Waals surface area (Å²) in [5.41, 5.74) is 0. The average Bonchev–Trinajstić information content (AvgIpc) is 2.82. The molecule has 5 nitrogen and oxygen atoms in total. The van der Waals surface area contributed by atoms with Crippen molar-refractivity contribution in [3.63, 3.8) is 0 Å². The number of carbonyl (C=O) groups excluding carboxylic acids is 2. The van der Waals surface area contributed by atoms with Crippen LogP contribution in [0.5, 0.6) is 0 Å². The third kappa shape index (κ3) is 2.95. The molecule has 3 rings (SSSR count). The third-order valence-electron chi connectivity index (χ3n) is 5.12. The number of rotatable bonds is 3. The van der Waals surface area contributed by atoms with Crippen molar-refractivity contribution in [2.24, 2.45) is 11.8 Å². The van der Waals surface area contributed by atoms with Crippen LogP contribution in [-0.4, -0.2) is 39.1 Å². The fourth-order valence-electron chi connectivity index (χ4n) is 3.97. The first-order valence-electron chi connectivity index (χ1n) is 8.14. The van der Waals surface area contributed by atoms with Gasteiger partial charge in [0.15, 0.2) is 0 Å². The van der Waals surface area contributed by atoms with E-state index in [1.165, 1.54) is 4.90 Å². The van der Waals surface area contributed by atoms with Crippen LogP contribution in [0.4, 0.5) is 0 Å². The SMILES string of the molecule is O=C1CCC(=O)N1C1C(O)C=CCC1CC1CC=C(O)CC1. The van der Waals surface area contributed by atoms with Gasteiger partial charge in [0.1, 0.15) is 0 Å². The largest absolute Gasteiger partial charge is 0.513 e. The molecule has 0 spiro atoms. The third-order valence-corrected chi connectivity index (χ3v) is 5.12. The number of imide groups is 1. The predicted octanol–water partition coefficient (Wildman–Crippen LogP) is 2.07. The van der Waals surface area contributed by atoms with E-state index in [4.69, 9.17) is 0 Å². The van der Waals surface area contributed by atoms with Gasteiger partial charge in [0.2, 0.25) is 11.8 Å². The summed E-state index contributed by atoms with van der Waals surface area (Å²) in [4.78, 5) is 25.4. The molecule has 0 saturated carbocycles. The van der Waals surface area contributed by atoms with E-state index >= 15 is 0 Å². The minimum absolute atomic E-state index is 0.102. The molecule has 0 bridgehead atoms. The van der Waals surface area contributed by atoms with E-state index in [0.717, 1.165) is 25.7 Å². The maximum Gasteiger partial charge on any atom is 0.230 e. The Morgan fingerprint density at radius 1 is 1.14 bits per heavy atom. The molecule has 4 unspecified atom stereocenters. The van der Waals surface area contributed by atoms with E-state index in [-0.39, 0.29) is 30.6 Å². The van der Waals surface area contributed by atoms with Crippen molar-refractivity contribution in [1.29, 1.82) is 0 Å². The molecule has 22 heavy (non-hydrogen) atoms. The van der Waals surface area contributed by atoms with Gasteiger partial charge < -0.3 is 10.2 Å². The quantitative estimate of drug-likeness (QED) is 0.618. The molecular weight excluding hydrogens is 282 g/mol. The highest BCUT2D eigenvalue weighted by atomic mass is 16.3. The molecule has 1 aliphatic heterocycles. The van der Waals surface area contributed by atoms with Gasteiger partial charge in [-0.05, 0) is 43.6 Å². The highest BCUT2D eigenvalue weighted by Gasteiger charge is 2.43.